The van der Waals surface area contributed by atoms with Gasteiger partial charge in [0.15, 0.2) is 0 Å². The van der Waals surface area contributed by atoms with Crippen molar-refractivity contribution in [2.24, 2.45) is 0 Å². The first-order valence-electron chi connectivity index (χ1n) is 22.2. The number of hydrogen-bond donors (Lipinski definition) is 0. The molecule has 2 nitrogen and oxygen atoms in total. The largest absolute Gasteiger partial charge is 0.456 e. The van der Waals surface area contributed by atoms with Crippen LogP contribution in [0.2, 0.25) is 0 Å². The van der Waals surface area contributed by atoms with E-state index < -0.39 is 0 Å². The summed E-state index contributed by atoms with van der Waals surface area (Å²) in [6, 6.07) is 77.1. The van der Waals surface area contributed by atoms with Crippen molar-refractivity contribution in [1.29, 1.82) is 0 Å². The molecule has 0 saturated carbocycles. The SMILES string of the molecule is c1ccc2c(c1)-c1cc(-c3ccc4sc5ccccc5c4c3)ccc1B1c3ccc(-c4ccc5sc6ccccc6c5c4)cc3-c3cc(-c4ccc5oc6ccccc6c5c4)ccc3N12. The summed E-state index contributed by atoms with van der Waals surface area (Å²) in [6.45, 7) is -0.0170. The number of nitrogens with zero attached hydrogens (tertiary/aromatic N) is 1. The summed E-state index contributed by atoms with van der Waals surface area (Å²) in [5, 5.41) is 7.57. The summed E-state index contributed by atoms with van der Waals surface area (Å²) < 4.78 is 11.6. The van der Waals surface area contributed by atoms with Gasteiger partial charge in [-0.15, -0.1) is 22.7 Å². The van der Waals surface area contributed by atoms with Gasteiger partial charge < -0.3 is 9.23 Å². The van der Waals surface area contributed by atoms with E-state index in [0.717, 1.165) is 21.9 Å². The molecule has 0 unspecified atom stereocenters. The molecule has 65 heavy (non-hydrogen) atoms. The van der Waals surface area contributed by atoms with Gasteiger partial charge in [0.2, 0.25) is 0 Å². The normalized spacial score (nSPS) is 12.9. The minimum Gasteiger partial charge on any atom is -0.456 e. The fraction of sp³-hybridized carbons (Fsp3) is 0. The van der Waals surface area contributed by atoms with Crippen LogP contribution >= 0.6 is 22.7 Å². The molecular formula is C60H34BNOS2. The molecule has 0 N–H and O–H groups in total. The van der Waals surface area contributed by atoms with Crippen LogP contribution in [-0.4, -0.2) is 6.85 Å². The first-order chi connectivity index (χ1) is 32.2. The van der Waals surface area contributed by atoms with Crippen molar-refractivity contribution in [2.45, 2.75) is 0 Å². The molecule has 0 saturated heterocycles. The number of anilines is 2. The van der Waals surface area contributed by atoms with Crippen molar-refractivity contribution in [3.63, 3.8) is 0 Å². The molecule has 5 heterocycles. The molecule has 0 radical (unpaired) electrons. The monoisotopic (exact) mass is 859 g/mol. The second-order valence-corrected chi connectivity index (χ2v) is 19.7. The van der Waals surface area contributed by atoms with Crippen molar-refractivity contribution in [3.8, 4) is 55.6 Å². The zero-order valence-electron chi connectivity index (χ0n) is 34.9. The van der Waals surface area contributed by atoms with Gasteiger partial charge in [-0.2, -0.15) is 0 Å². The van der Waals surface area contributed by atoms with Crippen LogP contribution in [0.1, 0.15) is 0 Å². The van der Waals surface area contributed by atoms with Crippen LogP contribution in [0.4, 0.5) is 11.4 Å². The molecule has 0 aliphatic carbocycles. The maximum Gasteiger partial charge on any atom is 0.329 e. The molecule has 300 valence electrons. The van der Waals surface area contributed by atoms with Crippen LogP contribution in [0, 0.1) is 0 Å². The number of benzene rings is 10. The van der Waals surface area contributed by atoms with E-state index in [-0.39, 0.29) is 6.85 Å². The Morgan fingerprint density at radius 2 is 0.754 bits per heavy atom. The van der Waals surface area contributed by atoms with E-state index >= 15 is 0 Å². The Labute approximate surface area is 383 Å². The van der Waals surface area contributed by atoms with Crippen LogP contribution in [0.5, 0.6) is 0 Å². The zero-order chi connectivity index (χ0) is 42.3. The second kappa shape index (κ2) is 13.4. The van der Waals surface area contributed by atoms with Gasteiger partial charge >= 0.3 is 6.85 Å². The van der Waals surface area contributed by atoms with Crippen molar-refractivity contribution in [1.82, 2.24) is 0 Å². The van der Waals surface area contributed by atoms with E-state index in [1.165, 1.54) is 118 Å². The first kappa shape index (κ1) is 35.7. The number of hydrogen-bond acceptors (Lipinski definition) is 4. The molecular weight excluding hydrogens is 826 g/mol. The van der Waals surface area contributed by atoms with Gasteiger partial charge in [0.1, 0.15) is 11.2 Å². The van der Waals surface area contributed by atoms with E-state index in [9.17, 15) is 0 Å². The van der Waals surface area contributed by atoms with Gasteiger partial charge in [0.25, 0.3) is 0 Å². The predicted octanol–water partition coefficient (Wildman–Crippen LogP) is 16.2. The third kappa shape index (κ3) is 5.22. The molecule has 0 spiro atoms. The van der Waals surface area contributed by atoms with E-state index in [1.807, 2.05) is 28.7 Å². The van der Waals surface area contributed by atoms with Crippen molar-refractivity contribution in [3.05, 3.63) is 206 Å². The molecule has 0 fully saturated rings. The van der Waals surface area contributed by atoms with Gasteiger partial charge in [0.05, 0.1) is 0 Å². The average molecular weight is 860 g/mol. The van der Waals surface area contributed by atoms with E-state index in [2.05, 4.69) is 205 Å². The van der Waals surface area contributed by atoms with Gasteiger partial charge in [-0.05, 0) is 140 Å². The van der Waals surface area contributed by atoms with Crippen molar-refractivity contribution < 1.29 is 4.42 Å². The molecule has 0 atom stereocenters. The lowest BCUT2D eigenvalue weighted by Crippen LogP contribution is -2.59. The standard InChI is InChI=1S/C60H34BNOS2/c1-5-13-53-41(9-1)45-29-35(39-21-27-59-49(33-39)43-11-3-7-15-57(43)64-59)17-23-51(45)61-52-24-18-36(40-22-28-60-50(34-40)44-12-4-8-16-58(44)65-60)30-46(52)47-31-37(19-25-54(47)62(53)61)38-20-26-56-48(32-38)42-10-2-6-14-55(42)63-56/h1-34H. The zero-order valence-corrected chi connectivity index (χ0v) is 36.5. The summed E-state index contributed by atoms with van der Waals surface area (Å²) in [4.78, 5) is 2.61. The van der Waals surface area contributed by atoms with Gasteiger partial charge in [-0.25, -0.2) is 0 Å². The smallest absolute Gasteiger partial charge is 0.329 e. The number of para-hydroxylation sites is 2. The van der Waals surface area contributed by atoms with Crippen LogP contribution in [0.3, 0.4) is 0 Å². The highest BCUT2D eigenvalue weighted by Crippen LogP contribution is 2.49. The van der Waals surface area contributed by atoms with Crippen molar-refractivity contribution >= 4 is 114 Å². The first-order valence-corrected chi connectivity index (χ1v) is 23.9. The van der Waals surface area contributed by atoms with E-state index in [0.29, 0.717) is 0 Å². The maximum absolute atomic E-state index is 6.26. The average Bonchev–Trinajstić information content (AvgIpc) is 4.06. The van der Waals surface area contributed by atoms with Crippen LogP contribution in [-0.2, 0) is 0 Å². The van der Waals surface area contributed by atoms with Crippen molar-refractivity contribution in [2.75, 3.05) is 4.81 Å². The molecule has 0 amide bonds. The molecule has 0 bridgehead atoms. The molecule has 2 aliphatic heterocycles. The number of fused-ring (bicyclic) bond motifs is 20. The number of furan rings is 1. The van der Waals surface area contributed by atoms with Gasteiger partial charge in [0, 0.05) is 73.6 Å². The Kier molecular flexibility index (Phi) is 7.37. The maximum atomic E-state index is 6.26. The van der Waals surface area contributed by atoms with Crippen LogP contribution < -0.4 is 15.7 Å². The summed E-state index contributed by atoms with van der Waals surface area (Å²) >= 11 is 3.74. The van der Waals surface area contributed by atoms with E-state index in [4.69, 9.17) is 4.42 Å². The molecule has 13 aromatic rings. The van der Waals surface area contributed by atoms with Gasteiger partial charge in [-0.1, -0.05) is 121 Å². The Hall–Kier alpha value is -7.70. The molecule has 2 aliphatic rings. The summed E-state index contributed by atoms with van der Waals surface area (Å²) in [5.41, 5.74) is 19.3. The second-order valence-electron chi connectivity index (χ2n) is 17.6. The van der Waals surface area contributed by atoms with Gasteiger partial charge in [-0.3, -0.25) is 0 Å². The Bertz CT molecular complexity index is 4170. The highest BCUT2D eigenvalue weighted by Gasteiger charge is 2.42. The molecule has 5 heteroatoms. The molecule has 3 aromatic heterocycles. The fourth-order valence-corrected chi connectivity index (χ4v) is 13.2. The Morgan fingerprint density at radius 3 is 1.43 bits per heavy atom. The Balaban J connectivity index is 0.934. The third-order valence-electron chi connectivity index (χ3n) is 14.1. The lowest BCUT2D eigenvalue weighted by Gasteiger charge is -2.43. The number of thiophene rings is 2. The minimum atomic E-state index is -0.0170. The highest BCUT2D eigenvalue weighted by atomic mass is 32.1. The fourth-order valence-electron chi connectivity index (χ4n) is 11.0. The summed E-state index contributed by atoms with van der Waals surface area (Å²) in [6.07, 6.45) is 0. The summed E-state index contributed by atoms with van der Waals surface area (Å²) in [7, 11) is 0. The van der Waals surface area contributed by atoms with E-state index in [1.54, 1.807) is 0 Å². The predicted molar refractivity (Wildman–Crippen MR) is 280 cm³/mol. The molecule has 15 rings (SSSR count). The highest BCUT2D eigenvalue weighted by molar-refractivity contribution is 7.26. The number of rotatable bonds is 3. The third-order valence-corrected chi connectivity index (χ3v) is 16.4. The van der Waals surface area contributed by atoms with Crippen LogP contribution in [0.15, 0.2) is 211 Å². The molecule has 10 aromatic carbocycles. The lowest BCUT2D eigenvalue weighted by atomic mass is 9.43. The quantitative estimate of drug-likeness (QED) is 0.165. The Morgan fingerprint density at radius 1 is 0.308 bits per heavy atom. The lowest BCUT2D eigenvalue weighted by molar-refractivity contribution is 0.669. The minimum absolute atomic E-state index is 0.0170. The van der Waals surface area contributed by atoms with Crippen LogP contribution in [0.25, 0.3) is 118 Å². The topological polar surface area (TPSA) is 16.4 Å². The summed E-state index contributed by atoms with van der Waals surface area (Å²) in [5.74, 6) is 0.